The first-order valence-corrected chi connectivity index (χ1v) is 8.08. The number of thiocarbonyl (C=S) groups is 1. The fourth-order valence-corrected chi connectivity index (χ4v) is 2.89. The van der Waals surface area contributed by atoms with Crippen molar-refractivity contribution < 1.29 is 9.59 Å². The Hall–Kier alpha value is -2.44. The highest BCUT2D eigenvalue weighted by atomic mass is 35.5. The Morgan fingerprint density at radius 1 is 1.17 bits per heavy atom. The summed E-state index contributed by atoms with van der Waals surface area (Å²) in [5.74, 6) is -0.515. The van der Waals surface area contributed by atoms with Crippen LogP contribution in [0.2, 0.25) is 5.02 Å². The molecule has 0 aromatic heterocycles. The molecule has 0 unspecified atom stereocenters. The summed E-state index contributed by atoms with van der Waals surface area (Å²) in [5, 5.41) is 6.53. The van der Waals surface area contributed by atoms with E-state index in [1.54, 1.807) is 36.4 Å². The van der Waals surface area contributed by atoms with Crippen LogP contribution in [0.25, 0.3) is 0 Å². The van der Waals surface area contributed by atoms with E-state index in [0.717, 1.165) is 0 Å². The van der Waals surface area contributed by atoms with Gasteiger partial charge in [0.15, 0.2) is 5.11 Å². The van der Waals surface area contributed by atoms with Crippen LogP contribution in [0.15, 0.2) is 54.6 Å². The molecule has 0 aliphatic carbocycles. The van der Waals surface area contributed by atoms with Crippen molar-refractivity contribution in [2.75, 3.05) is 10.2 Å². The molecule has 2 aromatic rings. The molecular weight excluding hydrogens is 346 g/mol. The second-order valence-corrected chi connectivity index (χ2v) is 6.09. The molecule has 1 fully saturated rings. The van der Waals surface area contributed by atoms with Gasteiger partial charge in [0.25, 0.3) is 5.91 Å². The zero-order valence-electron chi connectivity index (χ0n) is 12.5. The van der Waals surface area contributed by atoms with Crippen LogP contribution in [0.4, 0.5) is 11.4 Å². The highest BCUT2D eigenvalue weighted by Crippen LogP contribution is 2.21. The number of nitrogens with zero attached hydrogens (tertiary/aromatic N) is 1. The zero-order valence-corrected chi connectivity index (χ0v) is 14.1. The summed E-state index contributed by atoms with van der Waals surface area (Å²) in [6, 6.07) is 15.2. The molecule has 1 aliphatic heterocycles. The number of hydrogen-bond donors (Lipinski definition) is 2. The second kappa shape index (κ2) is 6.98. The van der Waals surface area contributed by atoms with E-state index in [2.05, 4.69) is 10.6 Å². The van der Waals surface area contributed by atoms with Crippen molar-refractivity contribution in [1.29, 1.82) is 0 Å². The van der Waals surface area contributed by atoms with Gasteiger partial charge in [0.1, 0.15) is 6.04 Å². The summed E-state index contributed by atoms with van der Waals surface area (Å²) in [6.07, 6.45) is -0.00899. The molecule has 0 bridgehead atoms. The van der Waals surface area contributed by atoms with Crippen molar-refractivity contribution in [1.82, 2.24) is 5.32 Å². The molecule has 2 aromatic carbocycles. The van der Waals surface area contributed by atoms with Gasteiger partial charge in [-0.2, -0.15) is 0 Å². The fourth-order valence-electron chi connectivity index (χ4n) is 2.42. The van der Waals surface area contributed by atoms with Crippen molar-refractivity contribution in [2.45, 2.75) is 12.5 Å². The van der Waals surface area contributed by atoms with Crippen LogP contribution in [0.3, 0.4) is 0 Å². The van der Waals surface area contributed by atoms with E-state index in [1.807, 2.05) is 18.2 Å². The van der Waals surface area contributed by atoms with Crippen molar-refractivity contribution in [2.24, 2.45) is 0 Å². The maximum absolute atomic E-state index is 12.5. The number of carbonyl (C=O) groups is 2. The molecule has 1 atom stereocenters. The van der Waals surface area contributed by atoms with E-state index in [1.165, 1.54) is 4.90 Å². The molecule has 0 saturated carbocycles. The van der Waals surface area contributed by atoms with Crippen molar-refractivity contribution in [3.05, 3.63) is 59.6 Å². The number of hydrogen-bond acceptors (Lipinski definition) is 3. The first kappa shape index (κ1) is 16.4. The molecule has 2 amide bonds. The standard InChI is InChI=1S/C17H14ClN3O2S/c18-11-6-8-12(9-7-11)19-15(22)10-14-16(23)21(17(24)20-14)13-4-2-1-3-5-13/h1-9,14H,10H2,(H,19,22)(H,20,24)/t14-/m1/s1. The summed E-state index contributed by atoms with van der Waals surface area (Å²) >= 11 is 11.0. The lowest BCUT2D eigenvalue weighted by atomic mass is 10.2. The SMILES string of the molecule is O=C(C[C@H]1NC(=S)N(c2ccccc2)C1=O)Nc1ccc(Cl)cc1. The minimum Gasteiger partial charge on any atom is -0.350 e. The third-order valence-electron chi connectivity index (χ3n) is 3.55. The van der Waals surface area contributed by atoms with Gasteiger partial charge < -0.3 is 10.6 Å². The Balaban J connectivity index is 1.65. The van der Waals surface area contributed by atoms with Gasteiger partial charge in [-0.05, 0) is 48.6 Å². The van der Waals surface area contributed by atoms with Crippen molar-refractivity contribution >= 4 is 52.1 Å². The van der Waals surface area contributed by atoms with Gasteiger partial charge in [0, 0.05) is 10.7 Å². The monoisotopic (exact) mass is 359 g/mol. The second-order valence-electron chi connectivity index (χ2n) is 5.27. The Labute approximate surface area is 149 Å². The van der Waals surface area contributed by atoms with Gasteiger partial charge in [0.2, 0.25) is 5.91 Å². The predicted molar refractivity (Wildman–Crippen MR) is 98.1 cm³/mol. The highest BCUT2D eigenvalue weighted by molar-refractivity contribution is 7.80. The highest BCUT2D eigenvalue weighted by Gasteiger charge is 2.37. The summed E-state index contributed by atoms with van der Waals surface area (Å²) < 4.78 is 0. The van der Waals surface area contributed by atoms with E-state index >= 15 is 0 Å². The van der Waals surface area contributed by atoms with Gasteiger partial charge in [-0.1, -0.05) is 29.8 Å². The number of rotatable bonds is 4. The normalized spacial score (nSPS) is 16.9. The lowest BCUT2D eigenvalue weighted by Crippen LogP contribution is -2.34. The number of benzene rings is 2. The third kappa shape index (κ3) is 3.55. The molecular formula is C17H14ClN3O2S. The zero-order chi connectivity index (χ0) is 17.1. The van der Waals surface area contributed by atoms with E-state index in [0.29, 0.717) is 21.5 Å². The molecule has 3 rings (SSSR count). The first-order valence-electron chi connectivity index (χ1n) is 7.29. The maximum atomic E-state index is 12.5. The molecule has 7 heteroatoms. The molecule has 0 spiro atoms. The van der Waals surface area contributed by atoms with E-state index in [-0.39, 0.29) is 18.2 Å². The van der Waals surface area contributed by atoms with Crippen LogP contribution >= 0.6 is 23.8 Å². The van der Waals surface area contributed by atoms with Gasteiger partial charge in [-0.3, -0.25) is 14.5 Å². The average Bonchev–Trinajstić information content (AvgIpc) is 2.84. The molecule has 0 radical (unpaired) electrons. The fraction of sp³-hybridized carbons (Fsp3) is 0.118. The minimum atomic E-state index is -0.676. The van der Waals surface area contributed by atoms with Gasteiger partial charge in [0.05, 0.1) is 12.1 Å². The summed E-state index contributed by atoms with van der Waals surface area (Å²) in [5.41, 5.74) is 1.30. The van der Waals surface area contributed by atoms with E-state index in [4.69, 9.17) is 23.8 Å². The number of amides is 2. The van der Waals surface area contributed by atoms with Gasteiger partial charge >= 0.3 is 0 Å². The lowest BCUT2D eigenvalue weighted by Gasteiger charge is -2.14. The first-order chi connectivity index (χ1) is 11.5. The number of anilines is 2. The minimum absolute atomic E-state index is 0.00899. The molecule has 1 heterocycles. The summed E-state index contributed by atoms with van der Waals surface area (Å²) in [4.78, 5) is 26.1. The molecule has 1 aliphatic rings. The van der Waals surface area contributed by atoms with Crippen molar-refractivity contribution in [3.8, 4) is 0 Å². The van der Waals surface area contributed by atoms with Gasteiger partial charge in [-0.25, -0.2) is 0 Å². The Morgan fingerprint density at radius 3 is 2.50 bits per heavy atom. The van der Waals surface area contributed by atoms with Crippen LogP contribution in [0.1, 0.15) is 6.42 Å². The molecule has 2 N–H and O–H groups in total. The van der Waals surface area contributed by atoms with Crippen LogP contribution < -0.4 is 15.5 Å². The smallest absolute Gasteiger partial charge is 0.256 e. The van der Waals surface area contributed by atoms with Crippen LogP contribution in [0.5, 0.6) is 0 Å². The molecule has 5 nitrogen and oxygen atoms in total. The molecule has 24 heavy (non-hydrogen) atoms. The average molecular weight is 360 g/mol. The molecule has 122 valence electrons. The van der Waals surface area contributed by atoms with E-state index in [9.17, 15) is 9.59 Å². The number of nitrogens with one attached hydrogen (secondary N) is 2. The summed E-state index contributed by atoms with van der Waals surface area (Å²) in [6.45, 7) is 0. The Morgan fingerprint density at radius 2 is 1.83 bits per heavy atom. The van der Waals surface area contributed by atoms with Crippen LogP contribution in [-0.4, -0.2) is 23.0 Å². The summed E-state index contributed by atoms with van der Waals surface area (Å²) in [7, 11) is 0. The van der Waals surface area contributed by atoms with Crippen LogP contribution in [0, 0.1) is 0 Å². The molecule has 1 saturated heterocycles. The Bertz CT molecular complexity index is 780. The third-order valence-corrected chi connectivity index (χ3v) is 4.10. The quantitative estimate of drug-likeness (QED) is 0.824. The number of halogens is 1. The van der Waals surface area contributed by atoms with E-state index < -0.39 is 6.04 Å². The van der Waals surface area contributed by atoms with Crippen molar-refractivity contribution in [3.63, 3.8) is 0 Å². The number of para-hydroxylation sites is 1. The largest absolute Gasteiger partial charge is 0.350 e. The predicted octanol–water partition coefficient (Wildman–Crippen LogP) is 2.96. The number of carbonyl (C=O) groups excluding carboxylic acids is 2. The van der Waals surface area contributed by atoms with Gasteiger partial charge in [-0.15, -0.1) is 0 Å². The van der Waals surface area contributed by atoms with Crippen LogP contribution in [-0.2, 0) is 9.59 Å². The topological polar surface area (TPSA) is 61.4 Å². The Kier molecular flexibility index (Phi) is 4.78. The maximum Gasteiger partial charge on any atom is 0.256 e. The lowest BCUT2D eigenvalue weighted by molar-refractivity contribution is -0.122.